The average molecular weight is 317 g/mol. The monoisotopic (exact) mass is 316 g/mol. The van der Waals surface area contributed by atoms with Crippen LogP contribution in [0.1, 0.15) is 23.2 Å². The van der Waals surface area contributed by atoms with Crippen LogP contribution < -0.4 is 5.32 Å². The van der Waals surface area contributed by atoms with Crippen molar-refractivity contribution in [3.05, 3.63) is 35.4 Å². The molecular formula is C14H15ClF2N2O2. The maximum Gasteiger partial charge on any atom is 0.251 e. The molecule has 7 heteroatoms. The first-order valence-electron chi connectivity index (χ1n) is 6.61. The third kappa shape index (κ3) is 3.69. The van der Waals surface area contributed by atoms with Crippen LogP contribution in [0.3, 0.4) is 0 Å². The van der Waals surface area contributed by atoms with E-state index in [2.05, 4.69) is 5.32 Å². The van der Waals surface area contributed by atoms with Crippen molar-refractivity contribution in [3.8, 4) is 0 Å². The van der Waals surface area contributed by atoms with E-state index in [1.807, 2.05) is 0 Å². The van der Waals surface area contributed by atoms with Crippen LogP contribution in [0.5, 0.6) is 0 Å². The van der Waals surface area contributed by atoms with Gasteiger partial charge in [-0.2, -0.15) is 0 Å². The van der Waals surface area contributed by atoms with Crippen molar-refractivity contribution in [1.29, 1.82) is 0 Å². The topological polar surface area (TPSA) is 49.4 Å². The van der Waals surface area contributed by atoms with E-state index < -0.39 is 17.5 Å². The van der Waals surface area contributed by atoms with E-state index >= 15 is 0 Å². The zero-order chi connectivity index (χ0) is 15.4. The van der Waals surface area contributed by atoms with Crippen LogP contribution in [-0.2, 0) is 4.79 Å². The Hall–Kier alpha value is -1.69. The molecule has 0 aliphatic carbocycles. The number of alkyl halides is 1. The molecule has 0 spiro atoms. The van der Waals surface area contributed by atoms with E-state index in [1.54, 1.807) is 4.90 Å². The smallest absolute Gasteiger partial charge is 0.251 e. The van der Waals surface area contributed by atoms with Gasteiger partial charge in [-0.05, 0) is 31.0 Å². The van der Waals surface area contributed by atoms with Gasteiger partial charge in [-0.25, -0.2) is 8.78 Å². The molecule has 1 aliphatic rings. The van der Waals surface area contributed by atoms with Gasteiger partial charge in [0.1, 0.15) is 5.88 Å². The number of carbonyl (C=O) groups is 2. The van der Waals surface area contributed by atoms with Gasteiger partial charge in [0.15, 0.2) is 11.6 Å². The number of hydrogen-bond acceptors (Lipinski definition) is 2. The molecule has 114 valence electrons. The van der Waals surface area contributed by atoms with Crippen molar-refractivity contribution < 1.29 is 18.4 Å². The van der Waals surface area contributed by atoms with Crippen LogP contribution >= 0.6 is 11.6 Å². The minimum Gasteiger partial charge on any atom is -0.350 e. The van der Waals surface area contributed by atoms with Crippen LogP contribution in [0.25, 0.3) is 0 Å². The zero-order valence-electron chi connectivity index (χ0n) is 11.2. The lowest BCUT2D eigenvalue weighted by molar-refractivity contribution is -0.129. The fraction of sp³-hybridized carbons (Fsp3) is 0.429. The Morgan fingerprint density at radius 3 is 2.76 bits per heavy atom. The maximum absolute atomic E-state index is 13.1. The first-order chi connectivity index (χ1) is 10.0. The standard InChI is InChI=1S/C14H15ClF2N2O2/c15-7-13(20)19-5-1-2-10(19)8-18-14(21)9-3-4-11(16)12(17)6-9/h3-4,6,10H,1-2,5,7-8H2,(H,18,21). The summed E-state index contributed by atoms with van der Waals surface area (Å²) in [6.45, 7) is 0.887. The first kappa shape index (κ1) is 15.7. The van der Waals surface area contributed by atoms with E-state index in [4.69, 9.17) is 11.6 Å². The molecule has 0 aromatic heterocycles. The lowest BCUT2D eigenvalue weighted by Crippen LogP contribution is -2.43. The van der Waals surface area contributed by atoms with Crippen LogP contribution in [0, 0.1) is 11.6 Å². The number of nitrogens with one attached hydrogen (secondary N) is 1. The maximum atomic E-state index is 13.1. The van der Waals surface area contributed by atoms with Crippen LogP contribution in [0.2, 0.25) is 0 Å². The number of carbonyl (C=O) groups excluding carboxylic acids is 2. The number of likely N-dealkylation sites (tertiary alicyclic amines) is 1. The second-order valence-corrected chi connectivity index (χ2v) is 5.12. The van der Waals surface area contributed by atoms with Crippen LogP contribution in [0.4, 0.5) is 8.78 Å². The average Bonchev–Trinajstić information content (AvgIpc) is 2.95. The molecule has 1 aromatic rings. The Morgan fingerprint density at radius 1 is 1.33 bits per heavy atom. The largest absolute Gasteiger partial charge is 0.350 e. The van der Waals surface area contributed by atoms with Gasteiger partial charge in [0.2, 0.25) is 5.91 Å². The lowest BCUT2D eigenvalue weighted by atomic mass is 10.2. The number of nitrogens with zero attached hydrogens (tertiary/aromatic N) is 1. The van der Waals surface area contributed by atoms with E-state index in [1.165, 1.54) is 6.07 Å². The molecule has 2 rings (SSSR count). The molecule has 1 aliphatic heterocycles. The summed E-state index contributed by atoms with van der Waals surface area (Å²) in [7, 11) is 0. The molecular weight excluding hydrogens is 302 g/mol. The minimum absolute atomic E-state index is 0.0436. The molecule has 0 saturated carbocycles. The molecule has 0 radical (unpaired) electrons. The zero-order valence-corrected chi connectivity index (χ0v) is 12.0. The van der Waals surface area contributed by atoms with Gasteiger partial charge in [0.05, 0.1) is 0 Å². The Kier molecular flexibility index (Phi) is 5.12. The predicted octanol–water partition coefficient (Wildman–Crippen LogP) is 1.92. The number of amides is 2. The molecule has 0 bridgehead atoms. The lowest BCUT2D eigenvalue weighted by Gasteiger charge is -2.24. The van der Waals surface area contributed by atoms with Crippen molar-refractivity contribution in [3.63, 3.8) is 0 Å². The van der Waals surface area contributed by atoms with Crippen LogP contribution in [0.15, 0.2) is 18.2 Å². The Morgan fingerprint density at radius 2 is 2.10 bits per heavy atom. The van der Waals surface area contributed by atoms with Gasteiger partial charge < -0.3 is 10.2 Å². The summed E-state index contributed by atoms with van der Waals surface area (Å²) in [6.07, 6.45) is 1.63. The molecule has 1 N–H and O–H groups in total. The number of halogens is 3. The van der Waals surface area contributed by atoms with E-state index in [-0.39, 0.29) is 29.9 Å². The molecule has 1 unspecified atom stereocenters. The summed E-state index contributed by atoms with van der Waals surface area (Å²) >= 11 is 5.53. The SMILES string of the molecule is O=C(NCC1CCCN1C(=O)CCl)c1ccc(F)c(F)c1. The summed E-state index contributed by atoms with van der Waals surface area (Å²) in [6, 6.07) is 2.86. The molecule has 1 atom stereocenters. The molecule has 1 fully saturated rings. The molecule has 2 amide bonds. The summed E-state index contributed by atoms with van der Waals surface area (Å²) in [5, 5.41) is 2.63. The van der Waals surface area contributed by atoms with E-state index in [9.17, 15) is 18.4 Å². The Bertz CT molecular complexity index is 554. The summed E-state index contributed by atoms with van der Waals surface area (Å²) in [4.78, 5) is 25.1. The second-order valence-electron chi connectivity index (χ2n) is 4.86. The van der Waals surface area contributed by atoms with Gasteiger partial charge in [-0.15, -0.1) is 11.6 Å². The van der Waals surface area contributed by atoms with Gasteiger partial charge in [-0.3, -0.25) is 9.59 Å². The summed E-state index contributed by atoms with van der Waals surface area (Å²) < 4.78 is 25.9. The quantitative estimate of drug-likeness (QED) is 0.863. The van der Waals surface area contributed by atoms with Crippen molar-refractivity contribution >= 4 is 23.4 Å². The van der Waals surface area contributed by atoms with Crippen molar-refractivity contribution in [1.82, 2.24) is 10.2 Å². The highest BCUT2D eigenvalue weighted by Crippen LogP contribution is 2.17. The molecule has 1 aromatic carbocycles. The van der Waals surface area contributed by atoms with Crippen molar-refractivity contribution in [2.45, 2.75) is 18.9 Å². The van der Waals surface area contributed by atoms with Gasteiger partial charge in [0.25, 0.3) is 5.91 Å². The highest BCUT2D eigenvalue weighted by Gasteiger charge is 2.28. The second kappa shape index (κ2) is 6.85. The van der Waals surface area contributed by atoms with Crippen molar-refractivity contribution in [2.75, 3.05) is 19.0 Å². The van der Waals surface area contributed by atoms with Crippen LogP contribution in [-0.4, -0.2) is 41.7 Å². The Labute approximate surface area is 126 Å². The Balaban J connectivity index is 1.94. The molecule has 1 saturated heterocycles. The molecule has 1 heterocycles. The number of hydrogen-bond donors (Lipinski definition) is 1. The molecule has 21 heavy (non-hydrogen) atoms. The van der Waals surface area contributed by atoms with Crippen molar-refractivity contribution in [2.24, 2.45) is 0 Å². The van der Waals surface area contributed by atoms with E-state index in [0.717, 1.165) is 25.0 Å². The van der Waals surface area contributed by atoms with Gasteiger partial charge in [-0.1, -0.05) is 0 Å². The van der Waals surface area contributed by atoms with Gasteiger partial charge in [0, 0.05) is 24.7 Å². The fourth-order valence-electron chi connectivity index (χ4n) is 2.40. The number of benzene rings is 1. The summed E-state index contributed by atoms with van der Waals surface area (Å²) in [5.74, 6) is -2.82. The van der Waals surface area contributed by atoms with Gasteiger partial charge >= 0.3 is 0 Å². The summed E-state index contributed by atoms with van der Waals surface area (Å²) in [5.41, 5.74) is 0.0436. The fourth-order valence-corrected chi connectivity index (χ4v) is 2.56. The normalized spacial score (nSPS) is 17.9. The minimum atomic E-state index is -1.07. The third-order valence-corrected chi connectivity index (χ3v) is 3.72. The predicted molar refractivity (Wildman–Crippen MR) is 74.1 cm³/mol. The molecule has 4 nitrogen and oxygen atoms in total. The first-order valence-corrected chi connectivity index (χ1v) is 7.15. The highest BCUT2D eigenvalue weighted by molar-refractivity contribution is 6.27. The number of rotatable bonds is 4. The van der Waals surface area contributed by atoms with E-state index in [0.29, 0.717) is 6.54 Å². The highest BCUT2D eigenvalue weighted by atomic mass is 35.5. The third-order valence-electron chi connectivity index (χ3n) is 3.49.